The molecule has 2 aliphatic heterocycles. The van der Waals surface area contributed by atoms with Crippen LogP contribution < -0.4 is 5.32 Å². The van der Waals surface area contributed by atoms with Crippen LogP contribution in [0.5, 0.6) is 0 Å². The zero-order valence-electron chi connectivity index (χ0n) is 6.47. The Morgan fingerprint density at radius 1 is 1.20 bits per heavy atom. The van der Waals surface area contributed by atoms with E-state index in [0.717, 1.165) is 12.7 Å². The second kappa shape index (κ2) is 2.89. The van der Waals surface area contributed by atoms with Crippen LogP contribution >= 0.6 is 0 Å². The van der Waals surface area contributed by atoms with Crippen molar-refractivity contribution in [3.63, 3.8) is 0 Å². The first-order valence-corrected chi connectivity index (χ1v) is 4.41. The summed E-state index contributed by atoms with van der Waals surface area (Å²) >= 11 is 0. The zero-order chi connectivity index (χ0) is 6.81. The maximum atomic E-state index is 3.44. The Hall–Kier alpha value is -0.0800. The smallest absolute Gasteiger partial charge is 0.0483 e. The number of hydrogen-bond donors (Lipinski definition) is 1. The number of nitrogens with one attached hydrogen (secondary N) is 1. The van der Waals surface area contributed by atoms with Crippen LogP contribution in [0.2, 0.25) is 0 Å². The second-order valence-corrected chi connectivity index (χ2v) is 3.41. The van der Waals surface area contributed by atoms with Gasteiger partial charge in [-0.1, -0.05) is 0 Å². The lowest BCUT2D eigenvalue weighted by Crippen LogP contribution is -2.34. The van der Waals surface area contributed by atoms with Crippen LogP contribution in [0.1, 0.15) is 25.7 Å². The highest BCUT2D eigenvalue weighted by atomic mass is 15.3. The molecule has 0 aliphatic carbocycles. The molecule has 1 atom stereocenters. The molecule has 0 saturated carbocycles. The monoisotopic (exact) mass is 140 g/mol. The highest BCUT2D eigenvalue weighted by Crippen LogP contribution is 2.21. The fourth-order valence-corrected chi connectivity index (χ4v) is 2.12. The van der Waals surface area contributed by atoms with Crippen molar-refractivity contribution in [2.24, 2.45) is 0 Å². The van der Waals surface area contributed by atoms with Crippen LogP contribution in [-0.2, 0) is 0 Å². The van der Waals surface area contributed by atoms with Gasteiger partial charge in [0.2, 0.25) is 0 Å². The maximum Gasteiger partial charge on any atom is 0.0483 e. The van der Waals surface area contributed by atoms with Gasteiger partial charge in [-0.15, -0.1) is 0 Å². The molecule has 2 heterocycles. The number of nitrogens with zero attached hydrogens (tertiary/aromatic N) is 1. The van der Waals surface area contributed by atoms with Crippen molar-refractivity contribution >= 4 is 0 Å². The average Bonchev–Trinajstić information content (AvgIpc) is 2.28. The van der Waals surface area contributed by atoms with Gasteiger partial charge in [0.05, 0.1) is 0 Å². The van der Waals surface area contributed by atoms with Gasteiger partial charge in [-0.2, -0.15) is 0 Å². The molecule has 1 N–H and O–H groups in total. The lowest BCUT2D eigenvalue weighted by atomic mass is 10.1. The molecule has 58 valence electrons. The van der Waals surface area contributed by atoms with Crippen molar-refractivity contribution < 1.29 is 0 Å². The van der Waals surface area contributed by atoms with Crippen LogP contribution in [0.25, 0.3) is 0 Å². The molecule has 0 bridgehead atoms. The molecule has 2 saturated heterocycles. The van der Waals surface area contributed by atoms with Crippen LogP contribution in [0, 0.1) is 0 Å². The Labute approximate surface area is 62.6 Å². The highest BCUT2D eigenvalue weighted by molar-refractivity contribution is 4.80. The van der Waals surface area contributed by atoms with E-state index in [4.69, 9.17) is 0 Å². The first-order valence-electron chi connectivity index (χ1n) is 4.41. The molecular formula is C8H16N2. The summed E-state index contributed by atoms with van der Waals surface area (Å²) in [6.45, 7) is 3.70. The molecule has 0 aromatic rings. The van der Waals surface area contributed by atoms with Gasteiger partial charge in [0.25, 0.3) is 0 Å². The Morgan fingerprint density at radius 3 is 3.10 bits per heavy atom. The molecule has 0 spiro atoms. The lowest BCUT2D eigenvalue weighted by molar-refractivity contribution is 0.249. The molecular weight excluding hydrogens is 124 g/mol. The predicted molar refractivity (Wildman–Crippen MR) is 41.8 cm³/mol. The van der Waals surface area contributed by atoms with Crippen molar-refractivity contribution in [2.75, 3.05) is 19.8 Å². The average molecular weight is 140 g/mol. The second-order valence-electron chi connectivity index (χ2n) is 3.41. The van der Waals surface area contributed by atoms with E-state index < -0.39 is 0 Å². The van der Waals surface area contributed by atoms with Crippen molar-refractivity contribution in [3.8, 4) is 0 Å². The quantitative estimate of drug-likeness (QED) is 0.535. The van der Waals surface area contributed by atoms with Gasteiger partial charge in [0.15, 0.2) is 0 Å². The molecule has 2 aliphatic rings. The highest BCUT2D eigenvalue weighted by Gasteiger charge is 2.24. The molecule has 0 amide bonds. The van der Waals surface area contributed by atoms with Crippen LogP contribution in [0.3, 0.4) is 0 Å². The SMILES string of the molecule is C1CNCN2CCCC2C1. The standard InChI is InChI=1S/C8H16N2/c1-3-8-4-2-6-10(8)7-9-5-1/h8-9H,1-7H2. The third-order valence-electron chi connectivity index (χ3n) is 2.70. The summed E-state index contributed by atoms with van der Waals surface area (Å²) in [6, 6.07) is 0.926. The topological polar surface area (TPSA) is 15.3 Å². The van der Waals surface area contributed by atoms with E-state index in [-0.39, 0.29) is 0 Å². The van der Waals surface area contributed by atoms with Crippen molar-refractivity contribution in [2.45, 2.75) is 31.7 Å². The van der Waals surface area contributed by atoms with E-state index in [2.05, 4.69) is 10.2 Å². The van der Waals surface area contributed by atoms with Gasteiger partial charge in [0.1, 0.15) is 0 Å². The van der Waals surface area contributed by atoms with E-state index in [1.807, 2.05) is 0 Å². The molecule has 10 heavy (non-hydrogen) atoms. The Balaban J connectivity index is 1.95. The molecule has 1 unspecified atom stereocenters. The maximum absolute atomic E-state index is 3.44. The van der Waals surface area contributed by atoms with Crippen LogP contribution in [0.4, 0.5) is 0 Å². The van der Waals surface area contributed by atoms with Gasteiger partial charge in [-0.3, -0.25) is 4.90 Å². The van der Waals surface area contributed by atoms with E-state index in [1.54, 1.807) is 0 Å². The van der Waals surface area contributed by atoms with Gasteiger partial charge >= 0.3 is 0 Å². The summed E-state index contributed by atoms with van der Waals surface area (Å²) in [4.78, 5) is 2.59. The minimum absolute atomic E-state index is 0.926. The Morgan fingerprint density at radius 2 is 2.10 bits per heavy atom. The molecule has 2 fully saturated rings. The normalized spacial score (nSPS) is 35.4. The molecule has 0 radical (unpaired) electrons. The summed E-state index contributed by atoms with van der Waals surface area (Å²) in [5.41, 5.74) is 0. The molecule has 0 aromatic heterocycles. The lowest BCUT2D eigenvalue weighted by Gasteiger charge is -2.20. The first kappa shape index (κ1) is 6.62. The molecule has 0 aromatic carbocycles. The molecule has 2 heteroatoms. The minimum Gasteiger partial charge on any atom is -0.304 e. The van der Waals surface area contributed by atoms with E-state index >= 15 is 0 Å². The number of hydrogen-bond acceptors (Lipinski definition) is 2. The van der Waals surface area contributed by atoms with Crippen LogP contribution in [-0.4, -0.2) is 30.7 Å². The van der Waals surface area contributed by atoms with Crippen molar-refractivity contribution in [3.05, 3.63) is 0 Å². The van der Waals surface area contributed by atoms with Crippen molar-refractivity contribution in [1.29, 1.82) is 0 Å². The predicted octanol–water partition coefficient (Wildman–Crippen LogP) is 0.792. The third kappa shape index (κ3) is 1.18. The van der Waals surface area contributed by atoms with Crippen molar-refractivity contribution in [1.82, 2.24) is 10.2 Å². The molecule has 2 nitrogen and oxygen atoms in total. The number of fused-ring (bicyclic) bond motifs is 1. The van der Waals surface area contributed by atoms with E-state index in [9.17, 15) is 0 Å². The third-order valence-corrected chi connectivity index (χ3v) is 2.70. The summed E-state index contributed by atoms with van der Waals surface area (Å²) in [6.07, 6.45) is 5.67. The summed E-state index contributed by atoms with van der Waals surface area (Å²) < 4.78 is 0. The fraction of sp³-hybridized carbons (Fsp3) is 1.00. The van der Waals surface area contributed by atoms with Gasteiger partial charge in [-0.25, -0.2) is 0 Å². The summed E-state index contributed by atoms with van der Waals surface area (Å²) in [7, 11) is 0. The largest absolute Gasteiger partial charge is 0.304 e. The zero-order valence-corrected chi connectivity index (χ0v) is 6.47. The Kier molecular flexibility index (Phi) is 1.91. The fourth-order valence-electron chi connectivity index (χ4n) is 2.12. The van der Waals surface area contributed by atoms with E-state index in [0.29, 0.717) is 0 Å². The van der Waals surface area contributed by atoms with Gasteiger partial charge in [0, 0.05) is 12.7 Å². The summed E-state index contributed by atoms with van der Waals surface area (Å²) in [5.74, 6) is 0. The van der Waals surface area contributed by atoms with Gasteiger partial charge < -0.3 is 5.32 Å². The summed E-state index contributed by atoms with van der Waals surface area (Å²) in [5, 5.41) is 3.44. The van der Waals surface area contributed by atoms with Crippen LogP contribution in [0.15, 0.2) is 0 Å². The molecule has 2 rings (SSSR count). The van der Waals surface area contributed by atoms with Gasteiger partial charge in [-0.05, 0) is 38.8 Å². The Bertz CT molecular complexity index is 102. The van der Waals surface area contributed by atoms with E-state index in [1.165, 1.54) is 38.8 Å². The minimum atomic E-state index is 0.926. The number of rotatable bonds is 0. The first-order chi connectivity index (χ1) is 4.97.